The largest absolute Gasteiger partial charge is 0.310 e. The Morgan fingerprint density at radius 1 is 1.04 bits per heavy atom. The lowest BCUT2D eigenvalue weighted by molar-refractivity contribution is 0.288. The van der Waals surface area contributed by atoms with Gasteiger partial charge in [-0.05, 0) is 53.6 Å². The third kappa shape index (κ3) is 4.94. The first-order chi connectivity index (χ1) is 12.8. The SMILES string of the molecule is CC(C)(C)c1ccc(S(=O)(=O)N2CCC(NCc3ccncc3)CC2)cc1. The van der Waals surface area contributed by atoms with Crippen LogP contribution in [0.2, 0.25) is 0 Å². The Balaban J connectivity index is 1.58. The first kappa shape index (κ1) is 20.0. The zero-order valence-electron chi connectivity index (χ0n) is 16.4. The number of sulfonamides is 1. The summed E-state index contributed by atoms with van der Waals surface area (Å²) in [5.74, 6) is 0. The van der Waals surface area contributed by atoms with Crippen LogP contribution in [0, 0.1) is 0 Å². The molecular formula is C21H29N3O2S. The molecule has 0 aliphatic carbocycles. The summed E-state index contributed by atoms with van der Waals surface area (Å²) in [6, 6.07) is 11.7. The summed E-state index contributed by atoms with van der Waals surface area (Å²) in [6.07, 6.45) is 5.23. The molecule has 0 saturated carbocycles. The predicted molar refractivity (Wildman–Crippen MR) is 108 cm³/mol. The van der Waals surface area contributed by atoms with Crippen LogP contribution in [0.5, 0.6) is 0 Å². The standard InChI is InChI=1S/C21H29N3O2S/c1-21(2,3)18-4-6-20(7-5-18)27(25,26)24-14-10-19(11-15-24)23-16-17-8-12-22-13-9-17/h4-9,12-13,19,23H,10-11,14-16H2,1-3H3. The number of rotatable bonds is 5. The van der Waals surface area contributed by atoms with Crippen molar-refractivity contribution < 1.29 is 8.42 Å². The molecule has 0 radical (unpaired) electrons. The molecule has 27 heavy (non-hydrogen) atoms. The van der Waals surface area contributed by atoms with Gasteiger partial charge in [0.2, 0.25) is 10.0 Å². The van der Waals surface area contributed by atoms with Gasteiger partial charge in [0, 0.05) is 38.1 Å². The van der Waals surface area contributed by atoms with Crippen LogP contribution in [0.15, 0.2) is 53.7 Å². The predicted octanol–water partition coefficient (Wildman–Crippen LogP) is 3.32. The van der Waals surface area contributed by atoms with E-state index in [4.69, 9.17) is 0 Å². The number of pyridine rings is 1. The van der Waals surface area contributed by atoms with E-state index in [0.29, 0.717) is 24.0 Å². The van der Waals surface area contributed by atoms with E-state index in [9.17, 15) is 8.42 Å². The highest BCUT2D eigenvalue weighted by Crippen LogP contribution is 2.26. The lowest BCUT2D eigenvalue weighted by Crippen LogP contribution is -2.44. The van der Waals surface area contributed by atoms with Crippen LogP contribution in [0.3, 0.4) is 0 Å². The molecule has 0 spiro atoms. The number of benzene rings is 1. The first-order valence-electron chi connectivity index (χ1n) is 9.50. The number of aromatic nitrogens is 1. The molecule has 5 nitrogen and oxygen atoms in total. The minimum absolute atomic E-state index is 0.0150. The monoisotopic (exact) mass is 387 g/mol. The molecule has 1 aliphatic heterocycles. The van der Waals surface area contributed by atoms with E-state index in [0.717, 1.165) is 24.9 Å². The summed E-state index contributed by atoms with van der Waals surface area (Å²) in [5.41, 5.74) is 2.35. The van der Waals surface area contributed by atoms with Crippen molar-refractivity contribution in [1.82, 2.24) is 14.6 Å². The Morgan fingerprint density at radius 3 is 2.19 bits per heavy atom. The topological polar surface area (TPSA) is 62.3 Å². The van der Waals surface area contributed by atoms with Gasteiger partial charge in [-0.3, -0.25) is 4.98 Å². The number of nitrogens with one attached hydrogen (secondary N) is 1. The quantitative estimate of drug-likeness (QED) is 0.855. The summed E-state index contributed by atoms with van der Waals surface area (Å²) >= 11 is 0. The van der Waals surface area contributed by atoms with Crippen molar-refractivity contribution in [3.63, 3.8) is 0 Å². The number of nitrogens with zero attached hydrogens (tertiary/aromatic N) is 2. The van der Waals surface area contributed by atoms with Gasteiger partial charge in [0.1, 0.15) is 0 Å². The lowest BCUT2D eigenvalue weighted by atomic mass is 9.87. The van der Waals surface area contributed by atoms with E-state index < -0.39 is 10.0 Å². The average Bonchev–Trinajstić information content (AvgIpc) is 2.67. The average molecular weight is 388 g/mol. The molecule has 0 unspecified atom stereocenters. The van der Waals surface area contributed by atoms with Crippen molar-refractivity contribution >= 4 is 10.0 Å². The molecular weight excluding hydrogens is 358 g/mol. The van der Waals surface area contributed by atoms with Crippen LogP contribution in [0.25, 0.3) is 0 Å². The van der Waals surface area contributed by atoms with Gasteiger partial charge < -0.3 is 5.32 Å². The van der Waals surface area contributed by atoms with E-state index in [1.54, 1.807) is 28.8 Å². The van der Waals surface area contributed by atoms with Gasteiger partial charge in [-0.2, -0.15) is 4.31 Å². The zero-order chi connectivity index (χ0) is 19.5. The second-order valence-corrected chi connectivity index (χ2v) is 10.1. The summed E-state index contributed by atoms with van der Waals surface area (Å²) in [6.45, 7) is 8.27. The fourth-order valence-corrected chi connectivity index (χ4v) is 4.81. The molecule has 2 aromatic rings. The highest BCUT2D eigenvalue weighted by atomic mass is 32.2. The second-order valence-electron chi connectivity index (χ2n) is 8.19. The fraction of sp³-hybridized carbons (Fsp3) is 0.476. The van der Waals surface area contributed by atoms with Crippen molar-refractivity contribution in [1.29, 1.82) is 0 Å². The molecule has 146 valence electrons. The third-order valence-corrected chi connectivity index (χ3v) is 7.07. The smallest absolute Gasteiger partial charge is 0.243 e. The molecule has 1 aromatic carbocycles. The van der Waals surface area contributed by atoms with Crippen LogP contribution in [-0.2, 0) is 22.0 Å². The van der Waals surface area contributed by atoms with Crippen molar-refractivity contribution in [3.05, 3.63) is 59.9 Å². The van der Waals surface area contributed by atoms with Gasteiger partial charge in [-0.25, -0.2) is 8.42 Å². The molecule has 2 heterocycles. The molecule has 1 fully saturated rings. The van der Waals surface area contributed by atoms with Crippen LogP contribution >= 0.6 is 0 Å². The highest BCUT2D eigenvalue weighted by molar-refractivity contribution is 7.89. The summed E-state index contributed by atoms with van der Waals surface area (Å²) < 4.78 is 27.5. The Morgan fingerprint density at radius 2 is 1.63 bits per heavy atom. The van der Waals surface area contributed by atoms with E-state index in [2.05, 4.69) is 31.1 Å². The van der Waals surface area contributed by atoms with Gasteiger partial charge in [0.15, 0.2) is 0 Å². The van der Waals surface area contributed by atoms with Gasteiger partial charge in [0.25, 0.3) is 0 Å². The molecule has 3 rings (SSSR count). The van der Waals surface area contributed by atoms with Gasteiger partial charge in [-0.15, -0.1) is 0 Å². The molecule has 1 aliphatic rings. The van der Waals surface area contributed by atoms with Gasteiger partial charge >= 0.3 is 0 Å². The zero-order valence-corrected chi connectivity index (χ0v) is 17.2. The summed E-state index contributed by atoms with van der Waals surface area (Å²) in [5, 5.41) is 3.52. The van der Waals surface area contributed by atoms with Gasteiger partial charge in [-0.1, -0.05) is 32.9 Å². The molecule has 0 bridgehead atoms. The second kappa shape index (κ2) is 8.09. The van der Waals surface area contributed by atoms with Crippen molar-refractivity contribution in [3.8, 4) is 0 Å². The maximum absolute atomic E-state index is 12.9. The van der Waals surface area contributed by atoms with Crippen LogP contribution in [-0.4, -0.2) is 36.8 Å². The summed E-state index contributed by atoms with van der Waals surface area (Å²) in [4.78, 5) is 4.41. The maximum atomic E-state index is 12.9. The van der Waals surface area contributed by atoms with E-state index in [1.807, 2.05) is 24.3 Å². The molecule has 6 heteroatoms. The van der Waals surface area contributed by atoms with Crippen molar-refractivity contribution in [2.24, 2.45) is 0 Å². The van der Waals surface area contributed by atoms with E-state index in [-0.39, 0.29) is 5.41 Å². The Hall–Kier alpha value is -1.76. The Kier molecular flexibility index (Phi) is 5.99. The van der Waals surface area contributed by atoms with E-state index in [1.165, 1.54) is 5.56 Å². The molecule has 1 saturated heterocycles. The van der Waals surface area contributed by atoms with Crippen molar-refractivity contribution in [2.75, 3.05) is 13.1 Å². The fourth-order valence-electron chi connectivity index (χ4n) is 3.34. The van der Waals surface area contributed by atoms with Crippen molar-refractivity contribution in [2.45, 2.75) is 56.5 Å². The minimum atomic E-state index is -3.42. The molecule has 1 aromatic heterocycles. The molecule has 0 amide bonds. The minimum Gasteiger partial charge on any atom is -0.310 e. The Labute approximate surface area is 162 Å². The van der Waals surface area contributed by atoms with Crippen LogP contribution in [0.4, 0.5) is 0 Å². The Bertz CT molecular complexity index is 835. The lowest BCUT2D eigenvalue weighted by Gasteiger charge is -2.32. The van der Waals surface area contributed by atoms with E-state index >= 15 is 0 Å². The number of hydrogen-bond donors (Lipinski definition) is 1. The van der Waals surface area contributed by atoms with Gasteiger partial charge in [0.05, 0.1) is 4.90 Å². The molecule has 1 N–H and O–H groups in total. The maximum Gasteiger partial charge on any atom is 0.243 e. The molecule has 0 atom stereocenters. The summed E-state index contributed by atoms with van der Waals surface area (Å²) in [7, 11) is -3.42. The normalized spacial score (nSPS) is 17.1. The number of hydrogen-bond acceptors (Lipinski definition) is 4. The highest BCUT2D eigenvalue weighted by Gasteiger charge is 2.29. The van der Waals surface area contributed by atoms with Crippen LogP contribution < -0.4 is 5.32 Å². The third-order valence-electron chi connectivity index (χ3n) is 5.16. The first-order valence-corrected chi connectivity index (χ1v) is 10.9. The number of piperidine rings is 1. The van der Waals surface area contributed by atoms with Crippen LogP contribution in [0.1, 0.15) is 44.7 Å².